The average molecular weight is 434 g/mol. The minimum atomic E-state index is -4.53. The molecule has 1 saturated heterocycles. The van der Waals surface area contributed by atoms with Gasteiger partial charge in [0.05, 0.1) is 11.3 Å². The number of benzene rings is 1. The first kappa shape index (κ1) is 21.4. The molecule has 0 spiro atoms. The third-order valence-electron chi connectivity index (χ3n) is 6.14. The number of phenols is 1. The van der Waals surface area contributed by atoms with Gasteiger partial charge in [-0.3, -0.25) is 4.79 Å². The number of hydrogen-bond donors (Lipinski definition) is 1. The highest BCUT2D eigenvalue weighted by Gasteiger charge is 2.33. The number of nitrogens with zero attached hydrogens (tertiary/aromatic N) is 4. The van der Waals surface area contributed by atoms with E-state index in [9.17, 15) is 23.1 Å². The standard InChI is InChI=1S/C22H25F3N4O2/c1-13-9-16(22(23,24)25)11-19(31)20(13)18-10-15-5-3-7-28(21(15)27-26-18)12-17-6-4-8-29(17)14(2)30/h9-11,17,31H,3-8,12H2,1-2H3/t17-/m0/s1. The summed E-state index contributed by atoms with van der Waals surface area (Å²) in [5, 5.41) is 18.9. The number of phenolic OH excluding ortho intramolecular Hbond substituents is 1. The minimum absolute atomic E-state index is 0.0782. The molecule has 1 atom stereocenters. The van der Waals surface area contributed by atoms with Crippen LogP contribution in [0.15, 0.2) is 18.2 Å². The highest BCUT2D eigenvalue weighted by molar-refractivity contribution is 5.74. The second-order valence-corrected chi connectivity index (χ2v) is 8.32. The lowest BCUT2D eigenvalue weighted by Gasteiger charge is -2.34. The summed E-state index contributed by atoms with van der Waals surface area (Å²) in [5.74, 6) is 0.362. The number of amides is 1. The molecular weight excluding hydrogens is 409 g/mol. The Kier molecular flexibility index (Phi) is 5.53. The van der Waals surface area contributed by atoms with Crippen molar-refractivity contribution in [3.8, 4) is 17.0 Å². The largest absolute Gasteiger partial charge is 0.507 e. The fraction of sp³-hybridized carbons (Fsp3) is 0.500. The number of likely N-dealkylation sites (tertiary alicyclic amines) is 1. The van der Waals surface area contributed by atoms with Crippen LogP contribution in [0.25, 0.3) is 11.3 Å². The van der Waals surface area contributed by atoms with E-state index < -0.39 is 17.5 Å². The SMILES string of the molecule is CC(=O)N1CCC[C@H]1CN1CCCc2cc(-c3c(C)cc(C(F)(F)F)cc3O)nnc21. The highest BCUT2D eigenvalue weighted by atomic mass is 19.4. The van der Waals surface area contributed by atoms with Gasteiger partial charge in [-0.25, -0.2) is 0 Å². The second kappa shape index (κ2) is 8.01. The molecule has 2 aliphatic rings. The van der Waals surface area contributed by atoms with E-state index in [2.05, 4.69) is 15.1 Å². The Morgan fingerprint density at radius 2 is 1.97 bits per heavy atom. The lowest BCUT2D eigenvalue weighted by Crippen LogP contribution is -2.44. The molecule has 6 nitrogen and oxygen atoms in total. The van der Waals surface area contributed by atoms with Crippen molar-refractivity contribution in [3.05, 3.63) is 34.9 Å². The Hall–Kier alpha value is -2.84. The Bertz CT molecular complexity index is 986. The zero-order chi connectivity index (χ0) is 22.3. The van der Waals surface area contributed by atoms with Gasteiger partial charge in [-0.1, -0.05) is 0 Å². The van der Waals surface area contributed by atoms with Gasteiger partial charge < -0.3 is 14.9 Å². The molecule has 2 aliphatic heterocycles. The minimum Gasteiger partial charge on any atom is -0.507 e. The van der Waals surface area contributed by atoms with Gasteiger partial charge in [0.1, 0.15) is 5.75 Å². The third kappa shape index (κ3) is 4.18. The average Bonchev–Trinajstić information content (AvgIpc) is 3.15. The molecule has 1 aromatic carbocycles. The van der Waals surface area contributed by atoms with Crippen molar-refractivity contribution in [1.82, 2.24) is 15.1 Å². The van der Waals surface area contributed by atoms with Crippen LogP contribution >= 0.6 is 0 Å². The number of anilines is 1. The van der Waals surface area contributed by atoms with Crippen LogP contribution in [0, 0.1) is 6.92 Å². The van der Waals surface area contributed by atoms with Crippen LogP contribution in [0.1, 0.15) is 42.9 Å². The number of carbonyl (C=O) groups excluding carboxylic acids is 1. The molecule has 0 aliphatic carbocycles. The van der Waals surface area contributed by atoms with Crippen LogP contribution in [-0.2, 0) is 17.4 Å². The van der Waals surface area contributed by atoms with E-state index in [1.54, 1.807) is 13.0 Å². The summed E-state index contributed by atoms with van der Waals surface area (Å²) in [5.41, 5.74) is 0.962. The van der Waals surface area contributed by atoms with Crippen molar-refractivity contribution in [2.75, 3.05) is 24.5 Å². The van der Waals surface area contributed by atoms with E-state index in [4.69, 9.17) is 0 Å². The van der Waals surface area contributed by atoms with Crippen LogP contribution in [0.3, 0.4) is 0 Å². The molecule has 1 fully saturated rings. The number of rotatable bonds is 3. The number of aromatic nitrogens is 2. The van der Waals surface area contributed by atoms with E-state index in [-0.39, 0.29) is 23.1 Å². The Labute approximate surface area is 178 Å². The molecule has 31 heavy (non-hydrogen) atoms. The maximum absolute atomic E-state index is 13.0. The lowest BCUT2D eigenvalue weighted by atomic mass is 9.98. The number of carbonyl (C=O) groups is 1. The first-order chi connectivity index (χ1) is 14.6. The molecule has 1 aromatic heterocycles. The summed E-state index contributed by atoms with van der Waals surface area (Å²) in [6, 6.07) is 3.69. The van der Waals surface area contributed by atoms with Crippen LogP contribution in [0.4, 0.5) is 19.0 Å². The summed E-state index contributed by atoms with van der Waals surface area (Å²) in [4.78, 5) is 15.9. The molecule has 166 valence electrons. The van der Waals surface area contributed by atoms with Crippen molar-refractivity contribution in [2.45, 2.75) is 51.7 Å². The zero-order valence-corrected chi connectivity index (χ0v) is 17.5. The highest BCUT2D eigenvalue weighted by Crippen LogP contribution is 2.39. The summed E-state index contributed by atoms with van der Waals surface area (Å²) in [6.07, 6.45) is -0.910. The first-order valence-electron chi connectivity index (χ1n) is 10.4. The molecule has 0 bridgehead atoms. The lowest BCUT2D eigenvalue weighted by molar-refractivity contribution is -0.137. The van der Waals surface area contributed by atoms with E-state index in [1.165, 1.54) is 6.92 Å². The molecule has 2 aromatic rings. The Morgan fingerprint density at radius 3 is 2.65 bits per heavy atom. The Morgan fingerprint density at radius 1 is 1.19 bits per heavy atom. The van der Waals surface area contributed by atoms with Crippen molar-refractivity contribution < 1.29 is 23.1 Å². The molecule has 0 unspecified atom stereocenters. The number of aryl methyl sites for hydroxylation is 2. The molecule has 0 saturated carbocycles. The molecule has 0 radical (unpaired) electrons. The maximum atomic E-state index is 13.0. The molecular formula is C22H25F3N4O2. The van der Waals surface area contributed by atoms with Gasteiger partial charge in [0.15, 0.2) is 5.82 Å². The summed E-state index contributed by atoms with van der Waals surface area (Å²) in [6.45, 7) is 5.39. The molecule has 4 rings (SSSR count). The molecule has 1 amide bonds. The van der Waals surface area contributed by atoms with Gasteiger partial charge in [-0.2, -0.15) is 13.2 Å². The predicted octanol–water partition coefficient (Wildman–Crippen LogP) is 3.94. The number of halogens is 3. The molecule has 9 heteroatoms. The number of alkyl halides is 3. The molecule has 3 heterocycles. The first-order valence-corrected chi connectivity index (χ1v) is 10.4. The smallest absolute Gasteiger partial charge is 0.416 e. The van der Waals surface area contributed by atoms with Crippen molar-refractivity contribution in [1.29, 1.82) is 0 Å². The number of hydrogen-bond acceptors (Lipinski definition) is 5. The maximum Gasteiger partial charge on any atom is 0.416 e. The van der Waals surface area contributed by atoms with Gasteiger partial charge in [-0.15, -0.1) is 10.2 Å². The summed E-state index contributed by atoms with van der Waals surface area (Å²) in [7, 11) is 0. The molecule has 1 N–H and O–H groups in total. The van der Waals surface area contributed by atoms with Gasteiger partial charge in [0.25, 0.3) is 0 Å². The fourth-order valence-electron chi connectivity index (χ4n) is 4.70. The van der Waals surface area contributed by atoms with Crippen molar-refractivity contribution in [3.63, 3.8) is 0 Å². The van der Waals surface area contributed by atoms with Gasteiger partial charge in [-0.05, 0) is 61.9 Å². The fourth-order valence-corrected chi connectivity index (χ4v) is 4.70. The summed E-state index contributed by atoms with van der Waals surface area (Å²) >= 11 is 0. The van der Waals surface area contributed by atoms with E-state index in [0.29, 0.717) is 12.2 Å². The van der Waals surface area contributed by atoms with Crippen LogP contribution in [-0.4, -0.2) is 51.8 Å². The van der Waals surface area contributed by atoms with Gasteiger partial charge in [0.2, 0.25) is 5.91 Å². The zero-order valence-electron chi connectivity index (χ0n) is 17.5. The predicted molar refractivity (Wildman–Crippen MR) is 110 cm³/mol. The van der Waals surface area contributed by atoms with Gasteiger partial charge >= 0.3 is 6.18 Å². The summed E-state index contributed by atoms with van der Waals surface area (Å²) < 4.78 is 39.1. The second-order valence-electron chi connectivity index (χ2n) is 8.32. The quantitative estimate of drug-likeness (QED) is 0.793. The van der Waals surface area contributed by atoms with Crippen molar-refractivity contribution in [2.24, 2.45) is 0 Å². The third-order valence-corrected chi connectivity index (χ3v) is 6.14. The topological polar surface area (TPSA) is 69.6 Å². The van der Waals surface area contributed by atoms with Crippen LogP contribution < -0.4 is 4.90 Å². The number of fused-ring (bicyclic) bond motifs is 1. The number of aromatic hydroxyl groups is 1. The van der Waals surface area contributed by atoms with Crippen LogP contribution in [0.5, 0.6) is 5.75 Å². The van der Waals surface area contributed by atoms with E-state index in [0.717, 1.165) is 62.3 Å². The van der Waals surface area contributed by atoms with Crippen molar-refractivity contribution >= 4 is 11.7 Å². The van der Waals surface area contributed by atoms with E-state index in [1.807, 2.05) is 4.90 Å². The van der Waals surface area contributed by atoms with Gasteiger partial charge in [0, 0.05) is 38.2 Å². The monoisotopic (exact) mass is 434 g/mol. The Balaban J connectivity index is 1.63. The normalized spacial score (nSPS) is 18.9. The van der Waals surface area contributed by atoms with E-state index >= 15 is 0 Å². The van der Waals surface area contributed by atoms with Crippen LogP contribution in [0.2, 0.25) is 0 Å².